The van der Waals surface area contributed by atoms with Crippen LogP contribution in [0.5, 0.6) is 0 Å². The molecule has 2 aliphatic heterocycles. The minimum atomic E-state index is -1.71. The Morgan fingerprint density at radius 3 is 1.20 bits per heavy atom. The second kappa shape index (κ2) is 49.3. The van der Waals surface area contributed by atoms with Gasteiger partial charge in [0.05, 0.1) is 26.4 Å². The Kier molecular flexibility index (Phi) is 45.8. The molecule has 14 heteroatoms. The zero-order chi connectivity index (χ0) is 55.1. The van der Waals surface area contributed by atoms with Crippen molar-refractivity contribution < 1.29 is 69.0 Å². The van der Waals surface area contributed by atoms with Crippen molar-refractivity contribution in [1.29, 1.82) is 0 Å². The van der Waals surface area contributed by atoms with Gasteiger partial charge in [-0.25, -0.2) is 0 Å². The number of hydrogen-bond donors (Lipinski definition) is 7. The summed E-state index contributed by atoms with van der Waals surface area (Å²) in [5.74, 6) is -0.373. The number of esters is 1. The van der Waals surface area contributed by atoms with E-state index in [4.69, 9.17) is 28.4 Å². The molecule has 2 heterocycles. The number of carbonyl (C=O) groups excluding carboxylic acids is 1. The molecule has 0 aliphatic carbocycles. The summed E-state index contributed by atoms with van der Waals surface area (Å²) in [6.07, 6.45) is 41.0. The van der Waals surface area contributed by atoms with Gasteiger partial charge in [0.2, 0.25) is 0 Å². The first-order chi connectivity index (χ1) is 37.1. The maximum absolute atomic E-state index is 13.1. The Hall–Kier alpha value is -1.53. The number of hydrogen-bond acceptors (Lipinski definition) is 14. The fourth-order valence-corrected chi connectivity index (χ4v) is 10.1. The smallest absolute Gasteiger partial charge is 0.306 e. The topological polar surface area (TPSA) is 214 Å². The molecular weight excluding hydrogens is 969 g/mol. The average Bonchev–Trinajstić information content (AvgIpc) is 3.42. The summed E-state index contributed by atoms with van der Waals surface area (Å²) >= 11 is 0. The first-order valence-corrected chi connectivity index (χ1v) is 31.4. The Bertz CT molecular complexity index is 1350. The number of rotatable bonds is 52. The van der Waals surface area contributed by atoms with Gasteiger partial charge in [0.25, 0.3) is 0 Å². The van der Waals surface area contributed by atoms with Crippen LogP contribution in [0.4, 0.5) is 0 Å². The monoisotopic (exact) mass is 1080 g/mol. The van der Waals surface area contributed by atoms with E-state index in [-0.39, 0.29) is 25.6 Å². The maximum Gasteiger partial charge on any atom is 0.306 e. The van der Waals surface area contributed by atoms with E-state index >= 15 is 0 Å². The lowest BCUT2D eigenvalue weighted by Gasteiger charge is -2.42. The molecule has 14 nitrogen and oxygen atoms in total. The van der Waals surface area contributed by atoms with Crippen LogP contribution < -0.4 is 0 Å². The van der Waals surface area contributed by atoms with Gasteiger partial charge in [-0.2, -0.15) is 0 Å². The quantitative estimate of drug-likeness (QED) is 0.0172. The highest BCUT2D eigenvalue weighted by Gasteiger charge is 2.47. The minimum Gasteiger partial charge on any atom is -0.457 e. The highest BCUT2D eigenvalue weighted by molar-refractivity contribution is 5.69. The van der Waals surface area contributed by atoms with Gasteiger partial charge in [0, 0.05) is 13.0 Å². The van der Waals surface area contributed by atoms with Gasteiger partial charge in [-0.1, -0.05) is 218 Å². The minimum absolute atomic E-state index is 0.0628. The second-order valence-corrected chi connectivity index (χ2v) is 22.2. The van der Waals surface area contributed by atoms with E-state index in [2.05, 4.69) is 38.2 Å². The fraction of sp³-hybridized carbons (Fsp3) is 0.919. The molecule has 0 spiro atoms. The van der Waals surface area contributed by atoms with E-state index in [0.29, 0.717) is 13.0 Å². The number of carbonyl (C=O) groups is 1. The second-order valence-electron chi connectivity index (χ2n) is 22.2. The van der Waals surface area contributed by atoms with Crippen molar-refractivity contribution in [3.8, 4) is 0 Å². The molecule has 0 saturated carbocycles. The average molecular weight is 1090 g/mol. The first kappa shape index (κ1) is 70.6. The number of unbranched alkanes of at least 4 members (excludes halogenated alkanes) is 34. The molecule has 0 amide bonds. The standard InChI is InChI=1S/C62H116O14/c1-3-5-7-9-11-13-15-17-19-21-23-24-25-26-27-29-31-33-35-37-39-41-43-45-54(64)74-51(48-71-46-44-42-40-38-36-34-32-30-28-22-20-18-16-14-12-10-8-6-4-2)49-72-61-60(70)58(68)56(66)53(76-61)50-73-62-59(69)57(67)55(65)52(47-63)75-62/h20-23,51-53,55-63,65-70H,3-19,24-50H2,1-2H3/b22-20-,23-21-. The van der Waals surface area contributed by atoms with Crippen LogP contribution >= 0.6 is 0 Å². The molecule has 76 heavy (non-hydrogen) atoms. The molecule has 0 aromatic carbocycles. The van der Waals surface area contributed by atoms with Crippen LogP contribution in [0.2, 0.25) is 0 Å². The molecule has 11 atom stereocenters. The summed E-state index contributed by atoms with van der Waals surface area (Å²) in [5, 5.41) is 72.4. The van der Waals surface area contributed by atoms with Crippen LogP contribution in [0, 0.1) is 0 Å². The molecule has 2 aliphatic rings. The third-order valence-corrected chi connectivity index (χ3v) is 15.2. The van der Waals surface area contributed by atoms with Gasteiger partial charge < -0.3 is 64.2 Å². The van der Waals surface area contributed by atoms with E-state index in [1.54, 1.807) is 0 Å². The predicted octanol–water partition coefficient (Wildman–Crippen LogP) is 11.9. The number of ether oxygens (including phenoxy) is 6. The van der Waals surface area contributed by atoms with Crippen LogP contribution in [0.3, 0.4) is 0 Å². The summed E-state index contributed by atoms with van der Waals surface area (Å²) in [4.78, 5) is 13.1. The molecule has 11 unspecified atom stereocenters. The van der Waals surface area contributed by atoms with E-state index < -0.39 is 80.7 Å². The van der Waals surface area contributed by atoms with Crippen LogP contribution in [0.15, 0.2) is 24.3 Å². The van der Waals surface area contributed by atoms with Crippen molar-refractivity contribution >= 4 is 5.97 Å². The van der Waals surface area contributed by atoms with Crippen molar-refractivity contribution in [2.24, 2.45) is 0 Å². The van der Waals surface area contributed by atoms with Crippen LogP contribution in [0.25, 0.3) is 0 Å². The SMILES string of the molecule is CCCCCCCCC/C=C\CCCCCCCCCCOCC(COC1OC(COC2OC(CO)C(O)C(O)C2O)C(O)C(O)C1O)OC(=O)CCCCCCCCCCCCC/C=C\CCCCCCCCCC. The van der Waals surface area contributed by atoms with Gasteiger partial charge in [-0.3, -0.25) is 4.79 Å². The van der Waals surface area contributed by atoms with E-state index in [1.807, 2.05) is 0 Å². The lowest BCUT2D eigenvalue weighted by molar-refractivity contribution is -0.332. The van der Waals surface area contributed by atoms with Gasteiger partial charge >= 0.3 is 5.97 Å². The number of aliphatic hydroxyl groups excluding tert-OH is 7. The maximum atomic E-state index is 13.1. The molecule has 7 N–H and O–H groups in total. The number of allylic oxidation sites excluding steroid dienone is 4. The summed E-state index contributed by atoms with van der Waals surface area (Å²) in [6, 6.07) is 0. The lowest BCUT2D eigenvalue weighted by atomic mass is 9.98. The summed E-state index contributed by atoms with van der Waals surface area (Å²) in [5.41, 5.74) is 0. The van der Waals surface area contributed by atoms with Crippen molar-refractivity contribution in [2.75, 3.05) is 33.0 Å². The van der Waals surface area contributed by atoms with Crippen molar-refractivity contribution in [3.05, 3.63) is 24.3 Å². The van der Waals surface area contributed by atoms with Crippen molar-refractivity contribution in [2.45, 2.75) is 332 Å². The fourth-order valence-electron chi connectivity index (χ4n) is 10.1. The Balaban J connectivity index is 1.68. The third kappa shape index (κ3) is 35.3. The van der Waals surface area contributed by atoms with E-state index in [9.17, 15) is 40.5 Å². The van der Waals surface area contributed by atoms with E-state index in [0.717, 1.165) is 38.5 Å². The molecule has 2 fully saturated rings. The molecule has 0 bridgehead atoms. The third-order valence-electron chi connectivity index (χ3n) is 15.2. The molecule has 2 saturated heterocycles. The first-order valence-electron chi connectivity index (χ1n) is 31.4. The van der Waals surface area contributed by atoms with Crippen molar-refractivity contribution in [3.63, 3.8) is 0 Å². The molecule has 0 aromatic heterocycles. The summed E-state index contributed by atoms with van der Waals surface area (Å²) < 4.78 is 34.5. The number of aliphatic hydroxyl groups is 7. The summed E-state index contributed by atoms with van der Waals surface area (Å²) in [7, 11) is 0. The zero-order valence-corrected chi connectivity index (χ0v) is 48.3. The summed E-state index contributed by atoms with van der Waals surface area (Å²) in [6.45, 7) is 3.73. The Morgan fingerprint density at radius 1 is 0.421 bits per heavy atom. The Morgan fingerprint density at radius 2 is 0.776 bits per heavy atom. The zero-order valence-electron chi connectivity index (χ0n) is 48.3. The van der Waals surface area contributed by atoms with Gasteiger partial charge in [0.15, 0.2) is 12.6 Å². The largest absolute Gasteiger partial charge is 0.457 e. The lowest BCUT2D eigenvalue weighted by Crippen LogP contribution is -2.61. The van der Waals surface area contributed by atoms with E-state index in [1.165, 1.54) is 199 Å². The highest BCUT2D eigenvalue weighted by atomic mass is 16.7. The van der Waals surface area contributed by atoms with Crippen LogP contribution in [-0.2, 0) is 33.2 Å². The molecule has 0 radical (unpaired) electrons. The van der Waals surface area contributed by atoms with Crippen LogP contribution in [0.1, 0.15) is 264 Å². The van der Waals surface area contributed by atoms with Gasteiger partial charge in [-0.05, 0) is 64.2 Å². The Labute approximate surface area is 462 Å². The predicted molar refractivity (Wildman–Crippen MR) is 303 cm³/mol. The van der Waals surface area contributed by atoms with Gasteiger partial charge in [0.1, 0.15) is 54.9 Å². The highest BCUT2D eigenvalue weighted by Crippen LogP contribution is 2.27. The molecule has 448 valence electrons. The molecule has 0 aromatic rings. The normalized spacial score (nSPS) is 24.5. The van der Waals surface area contributed by atoms with Crippen LogP contribution in [-0.4, -0.2) is 142 Å². The van der Waals surface area contributed by atoms with Crippen molar-refractivity contribution in [1.82, 2.24) is 0 Å². The molecule has 2 rings (SSSR count). The van der Waals surface area contributed by atoms with Gasteiger partial charge in [-0.15, -0.1) is 0 Å². The molecular formula is C62H116O14.